The van der Waals surface area contributed by atoms with Crippen LogP contribution in [-0.2, 0) is 10.0 Å². The number of hydrogen-bond acceptors (Lipinski definition) is 5. The molecule has 1 atom stereocenters. The summed E-state index contributed by atoms with van der Waals surface area (Å²) in [5.74, 6) is 0.807. The van der Waals surface area contributed by atoms with Gasteiger partial charge in [0.2, 0.25) is 21.7 Å². The summed E-state index contributed by atoms with van der Waals surface area (Å²) in [5, 5.41) is 4.10. The lowest BCUT2D eigenvalue weighted by atomic mass is 10.1. The third-order valence-electron chi connectivity index (χ3n) is 5.45. The van der Waals surface area contributed by atoms with Crippen molar-refractivity contribution in [3.63, 3.8) is 0 Å². The second-order valence-corrected chi connectivity index (χ2v) is 10.6. The van der Waals surface area contributed by atoms with E-state index in [0.717, 1.165) is 39.6 Å². The maximum absolute atomic E-state index is 13.7. The van der Waals surface area contributed by atoms with Gasteiger partial charge in [-0.1, -0.05) is 45.2 Å². The predicted molar refractivity (Wildman–Crippen MR) is 119 cm³/mol. The van der Waals surface area contributed by atoms with Gasteiger partial charge in [0.05, 0.1) is 4.90 Å². The summed E-state index contributed by atoms with van der Waals surface area (Å²) in [6, 6.07) is 11.0. The zero-order valence-electron chi connectivity index (χ0n) is 17.2. The van der Waals surface area contributed by atoms with E-state index in [4.69, 9.17) is 4.52 Å². The highest BCUT2D eigenvalue weighted by atomic mass is 79.9. The van der Waals surface area contributed by atoms with Gasteiger partial charge in [0.15, 0.2) is 0 Å². The Labute approximate surface area is 185 Å². The van der Waals surface area contributed by atoms with E-state index < -0.39 is 16.1 Å². The fourth-order valence-electron chi connectivity index (χ4n) is 4.22. The van der Waals surface area contributed by atoms with E-state index in [1.807, 2.05) is 57.2 Å². The highest BCUT2D eigenvalue weighted by molar-refractivity contribution is 9.10. The standard InChI is InChI=1S/C22H24BrN3O3S/c1-14-12-15(2)20(16(3)13-14)30(27,28)26-11-5-4-6-19(26)22-24-21(25-29-22)17-7-9-18(23)10-8-17/h7-10,12-13,19H,4-6,11H2,1-3H3. The van der Waals surface area contributed by atoms with E-state index >= 15 is 0 Å². The Morgan fingerprint density at radius 1 is 1.07 bits per heavy atom. The quantitative estimate of drug-likeness (QED) is 0.494. The topological polar surface area (TPSA) is 76.3 Å². The smallest absolute Gasteiger partial charge is 0.245 e. The van der Waals surface area contributed by atoms with Crippen molar-refractivity contribution >= 4 is 26.0 Å². The lowest BCUT2D eigenvalue weighted by Crippen LogP contribution is -2.39. The molecule has 1 aliphatic rings. The molecule has 1 aliphatic heterocycles. The van der Waals surface area contributed by atoms with Crippen molar-refractivity contribution < 1.29 is 12.9 Å². The van der Waals surface area contributed by atoms with Gasteiger partial charge < -0.3 is 4.52 Å². The molecule has 0 spiro atoms. The fourth-order valence-corrected chi connectivity index (χ4v) is 6.55. The van der Waals surface area contributed by atoms with Crippen molar-refractivity contribution in [3.8, 4) is 11.4 Å². The lowest BCUT2D eigenvalue weighted by Gasteiger charge is -2.33. The van der Waals surface area contributed by atoms with E-state index in [1.165, 1.54) is 0 Å². The van der Waals surface area contributed by atoms with Gasteiger partial charge in [-0.05, 0) is 69.0 Å². The molecular formula is C22H24BrN3O3S. The zero-order chi connectivity index (χ0) is 21.5. The molecule has 3 aromatic rings. The average Bonchev–Trinajstić information content (AvgIpc) is 3.17. The number of nitrogens with zero attached hydrogens (tertiary/aromatic N) is 3. The van der Waals surface area contributed by atoms with Crippen LogP contribution < -0.4 is 0 Å². The van der Waals surface area contributed by atoms with Gasteiger partial charge in [-0.15, -0.1) is 0 Å². The molecule has 0 saturated carbocycles. The van der Waals surface area contributed by atoms with Crippen LogP contribution >= 0.6 is 15.9 Å². The van der Waals surface area contributed by atoms with Gasteiger partial charge in [-0.2, -0.15) is 9.29 Å². The van der Waals surface area contributed by atoms with Crippen molar-refractivity contribution in [2.45, 2.75) is 51.0 Å². The van der Waals surface area contributed by atoms with Crippen LogP contribution in [0.1, 0.15) is 47.9 Å². The molecule has 0 bridgehead atoms. The number of aryl methyl sites for hydroxylation is 3. The first-order chi connectivity index (χ1) is 14.3. The van der Waals surface area contributed by atoms with E-state index in [0.29, 0.717) is 29.6 Å². The lowest BCUT2D eigenvalue weighted by molar-refractivity contribution is 0.204. The fraction of sp³-hybridized carbons (Fsp3) is 0.364. The zero-order valence-corrected chi connectivity index (χ0v) is 19.6. The van der Waals surface area contributed by atoms with Crippen molar-refractivity contribution in [2.75, 3.05) is 6.54 Å². The van der Waals surface area contributed by atoms with Crippen LogP contribution in [0.15, 0.2) is 50.3 Å². The molecule has 0 N–H and O–H groups in total. The van der Waals surface area contributed by atoms with Crippen molar-refractivity contribution in [2.24, 2.45) is 0 Å². The number of halogens is 1. The highest BCUT2D eigenvalue weighted by Crippen LogP contribution is 2.37. The molecule has 1 fully saturated rings. The van der Waals surface area contributed by atoms with Gasteiger partial charge in [-0.25, -0.2) is 8.42 Å². The second kappa shape index (κ2) is 8.24. The minimum absolute atomic E-state index is 0.346. The van der Waals surface area contributed by atoms with Crippen LogP contribution in [0.5, 0.6) is 0 Å². The van der Waals surface area contributed by atoms with Gasteiger partial charge in [0, 0.05) is 16.6 Å². The number of aromatic nitrogens is 2. The van der Waals surface area contributed by atoms with E-state index in [9.17, 15) is 8.42 Å². The number of piperidine rings is 1. The Balaban J connectivity index is 1.71. The second-order valence-electron chi connectivity index (χ2n) is 7.82. The molecule has 2 heterocycles. The molecule has 0 aliphatic carbocycles. The van der Waals surface area contributed by atoms with Gasteiger partial charge in [0.1, 0.15) is 6.04 Å². The monoisotopic (exact) mass is 489 g/mol. The summed E-state index contributed by atoms with van der Waals surface area (Å²) >= 11 is 3.42. The van der Waals surface area contributed by atoms with Crippen LogP contribution in [0, 0.1) is 20.8 Å². The Kier molecular flexibility index (Phi) is 5.83. The van der Waals surface area contributed by atoms with Crippen LogP contribution in [0.2, 0.25) is 0 Å². The van der Waals surface area contributed by atoms with E-state index in [-0.39, 0.29) is 0 Å². The van der Waals surface area contributed by atoms with Gasteiger partial charge in [0.25, 0.3) is 0 Å². The number of benzene rings is 2. The first-order valence-corrected chi connectivity index (χ1v) is 12.2. The molecule has 158 valence electrons. The summed E-state index contributed by atoms with van der Waals surface area (Å²) in [6.07, 6.45) is 2.39. The van der Waals surface area contributed by atoms with E-state index in [2.05, 4.69) is 26.1 Å². The summed E-state index contributed by atoms with van der Waals surface area (Å²) in [5.41, 5.74) is 3.40. The summed E-state index contributed by atoms with van der Waals surface area (Å²) < 4.78 is 35.4. The van der Waals surface area contributed by atoms with Gasteiger partial charge >= 0.3 is 0 Å². The number of hydrogen-bond donors (Lipinski definition) is 0. The van der Waals surface area contributed by atoms with Gasteiger partial charge in [-0.3, -0.25) is 0 Å². The van der Waals surface area contributed by atoms with Crippen LogP contribution in [0.25, 0.3) is 11.4 Å². The molecule has 0 radical (unpaired) electrons. The predicted octanol–water partition coefficient (Wildman–Crippen LogP) is 5.34. The molecule has 1 unspecified atom stereocenters. The first kappa shape index (κ1) is 21.2. The Morgan fingerprint density at radius 2 is 1.73 bits per heavy atom. The SMILES string of the molecule is Cc1cc(C)c(S(=O)(=O)N2CCCCC2c2nc(-c3ccc(Br)cc3)no2)c(C)c1. The maximum atomic E-state index is 13.7. The molecule has 8 heteroatoms. The maximum Gasteiger partial charge on any atom is 0.245 e. The minimum Gasteiger partial charge on any atom is -0.337 e. The number of rotatable bonds is 4. The molecule has 6 nitrogen and oxygen atoms in total. The van der Waals surface area contributed by atoms with E-state index in [1.54, 1.807) is 4.31 Å². The Hall–Kier alpha value is -2.03. The Bertz CT molecular complexity index is 1150. The van der Waals surface area contributed by atoms with Crippen LogP contribution in [0.4, 0.5) is 0 Å². The molecule has 1 saturated heterocycles. The van der Waals surface area contributed by atoms with Crippen molar-refractivity contribution in [1.29, 1.82) is 0 Å². The normalized spacial score (nSPS) is 17.9. The third kappa shape index (κ3) is 3.96. The van der Waals surface area contributed by atoms with Crippen molar-refractivity contribution in [3.05, 3.63) is 63.5 Å². The highest BCUT2D eigenvalue weighted by Gasteiger charge is 2.39. The molecule has 4 rings (SSSR count). The largest absolute Gasteiger partial charge is 0.337 e. The van der Waals surface area contributed by atoms with Crippen LogP contribution in [-0.4, -0.2) is 29.4 Å². The summed E-state index contributed by atoms with van der Waals surface area (Å²) in [7, 11) is -3.70. The molecule has 30 heavy (non-hydrogen) atoms. The minimum atomic E-state index is -3.70. The molecule has 0 amide bonds. The third-order valence-corrected chi connectivity index (χ3v) is 8.20. The first-order valence-electron chi connectivity index (χ1n) is 9.96. The average molecular weight is 490 g/mol. The molecule has 1 aromatic heterocycles. The molecular weight excluding hydrogens is 466 g/mol. The molecule has 2 aromatic carbocycles. The summed E-state index contributed by atoms with van der Waals surface area (Å²) in [6.45, 7) is 6.12. The Morgan fingerprint density at radius 3 is 2.40 bits per heavy atom. The van der Waals surface area contributed by atoms with Crippen LogP contribution in [0.3, 0.4) is 0 Å². The number of sulfonamides is 1. The summed E-state index contributed by atoms with van der Waals surface area (Å²) in [4.78, 5) is 4.93. The van der Waals surface area contributed by atoms with Crippen molar-refractivity contribution in [1.82, 2.24) is 14.4 Å².